The number of rotatable bonds is 21. The van der Waals surface area contributed by atoms with Crippen LogP contribution >= 0.6 is 31.3 Å². The number of anilines is 3. The Balaban J connectivity index is 0.878. The van der Waals surface area contributed by atoms with Crippen molar-refractivity contribution in [2.45, 2.75) is 67.5 Å². The maximum Gasteiger partial charge on any atom is 0.490 e. The summed E-state index contributed by atoms with van der Waals surface area (Å²) >= 11 is 0. The quantitative estimate of drug-likeness (QED) is 0.0240. The molecule has 3 aliphatic heterocycles. The summed E-state index contributed by atoms with van der Waals surface area (Å²) in [6.07, 6.45) is -13.4. The molecule has 81 heavy (non-hydrogen) atoms. The lowest BCUT2D eigenvalue weighted by atomic mass is 9.98. The van der Waals surface area contributed by atoms with Crippen molar-refractivity contribution in [3.8, 4) is 0 Å². The van der Waals surface area contributed by atoms with Gasteiger partial charge in [-0.3, -0.25) is 51.4 Å². The first-order chi connectivity index (χ1) is 38.0. The summed E-state index contributed by atoms with van der Waals surface area (Å²) in [6.45, 7) is -3.69. The van der Waals surface area contributed by atoms with Crippen molar-refractivity contribution in [2.75, 3.05) is 64.8 Å². The zero-order chi connectivity index (χ0) is 58.8. The fraction of sp³-hybridized carbons (Fsp3) is 0.556. The number of methoxy groups -OCH3 is 1. The number of imidazole rings is 3. The number of aromatic nitrogens is 12. The molecule has 444 valence electrons. The van der Waals surface area contributed by atoms with E-state index >= 15 is 0 Å². The van der Waals surface area contributed by atoms with Crippen LogP contribution in [-0.4, -0.2) is 196 Å². The van der Waals surface area contributed by atoms with Crippen molar-refractivity contribution in [3.63, 3.8) is 0 Å². The van der Waals surface area contributed by atoms with Crippen molar-refractivity contribution in [2.24, 2.45) is 13.0 Å². The molecule has 2 amide bonds. The van der Waals surface area contributed by atoms with E-state index in [-0.39, 0.29) is 57.8 Å². The van der Waals surface area contributed by atoms with Gasteiger partial charge in [0, 0.05) is 33.7 Å². The summed E-state index contributed by atoms with van der Waals surface area (Å²) in [5.74, 6) is -1.91. The number of nitrogens with two attached hydrogens (primary N) is 3. The van der Waals surface area contributed by atoms with Crippen LogP contribution in [0.5, 0.6) is 0 Å². The number of nitrogen functional groups attached to an aromatic ring is 3. The minimum absolute atomic E-state index is 0.00338. The molecule has 45 heteroatoms. The maximum absolute atomic E-state index is 13.8. The number of aliphatic hydroxyl groups excluding tert-OH is 3. The van der Waals surface area contributed by atoms with E-state index < -0.39 is 142 Å². The molecule has 16 atom stereocenters. The predicted molar refractivity (Wildman–Crippen MR) is 264 cm³/mol. The lowest BCUT2D eigenvalue weighted by Gasteiger charge is -2.26. The lowest BCUT2D eigenvalue weighted by molar-refractivity contribution is -0.745. The van der Waals surface area contributed by atoms with E-state index in [0.29, 0.717) is 0 Å². The van der Waals surface area contributed by atoms with Gasteiger partial charge < -0.3 is 81.3 Å². The van der Waals surface area contributed by atoms with Gasteiger partial charge >= 0.3 is 43.0 Å². The Hall–Kier alpha value is -5.84. The number of phosphoric ester groups is 3. The van der Waals surface area contributed by atoms with Gasteiger partial charge in [-0.1, -0.05) is 4.98 Å². The zero-order valence-electron chi connectivity index (χ0n) is 42.1. The Bertz CT molecular complexity index is 3680. The van der Waals surface area contributed by atoms with Gasteiger partial charge in [0.25, 0.3) is 17.1 Å². The molecule has 0 saturated carbocycles. The Kier molecular flexibility index (Phi) is 16.8. The number of carbonyl (C=O) groups is 1. The van der Waals surface area contributed by atoms with Gasteiger partial charge in [-0.25, -0.2) is 47.6 Å². The SMILES string of the molecule is CO[C@@H]1[C@H](OP(=O)(O)OC[C@H]2O[C@@H](n3cnc4c(=O)[nH]c(N)nc43)[C@H](O)[C@@H]2O)[C@@H](COP(=O)(O)OP(=O)(O)OP(=O)(O)OC[C@H]2O[C@@H]([n+]3cn(C)c4c(=O)[nH]c(N)nc43)[C@H](O)[C@@H]2CNC(=O)N(C)C)O[C@H]1n1cnc2c(N)ncnc21. The first kappa shape index (κ1) is 59.8. The highest BCUT2D eigenvalue weighted by Gasteiger charge is 2.54. The summed E-state index contributed by atoms with van der Waals surface area (Å²) in [4.78, 5) is 110. The molecule has 3 aliphatic rings. The summed E-state index contributed by atoms with van der Waals surface area (Å²) in [5, 5.41) is 35.8. The molecule has 41 nitrogen and oxygen atoms in total. The van der Waals surface area contributed by atoms with Crippen LogP contribution in [0.3, 0.4) is 0 Å². The number of ether oxygens (including phenoxy) is 4. The molecular weight excluding hydrogens is 1180 g/mol. The predicted octanol–water partition coefficient (Wildman–Crippen LogP) is -4.18. The number of hydrogen-bond donors (Lipinski definition) is 13. The number of fused-ring (bicyclic) bond motifs is 3. The van der Waals surface area contributed by atoms with Gasteiger partial charge in [0.2, 0.25) is 17.7 Å². The molecule has 6 aromatic rings. The average Bonchev–Trinajstić information content (AvgIpc) is 4.45. The van der Waals surface area contributed by atoms with Crippen LogP contribution < -0.4 is 38.2 Å². The summed E-state index contributed by atoms with van der Waals surface area (Å²) in [7, 11) is -18.2. The molecule has 9 heterocycles. The first-order valence-electron chi connectivity index (χ1n) is 23.2. The molecule has 0 aliphatic carbocycles. The third kappa shape index (κ3) is 12.4. The standard InChI is InChI=1S/C36H51N17O24P4/c1-49(2)36(59)40-5-13-14(72-31(20(13)54)53-12-50(3)19-28(53)46-35(39)48-30(19)58)6-70-79(62,63)76-81(66,67)77-80(64,65)71-8-16-23(24(68-4)33(74-16)51-10-43-17-25(37)41-9-42-26(17)51)75-78(60,61)69-7-15-21(55)22(56)32(73-15)52-11-44-18-27(52)45-34(38)47-29(18)57/h9-16,20-24,31-33,54-56H,5-8H2,1-4H3,(H12-,37,38,39,40,41,42,45,46,47,48,57,58,59,60,61,62,63,64,65,66,67)/p+1/t13-,14-,15-,16-,20-,21-,22-,23-,24-,31-,32-,33-/m1/s1. The average molecular weight is 1230 g/mol. The smallest absolute Gasteiger partial charge is 0.387 e. The van der Waals surface area contributed by atoms with Crippen molar-refractivity contribution in [3.05, 3.63) is 46.0 Å². The fourth-order valence-corrected chi connectivity index (χ4v) is 13.5. The fourth-order valence-electron chi connectivity index (χ4n) is 8.99. The van der Waals surface area contributed by atoms with Crippen LogP contribution in [0.2, 0.25) is 0 Å². The normalized spacial score (nSPS) is 29.0. The molecule has 6 aromatic heterocycles. The van der Waals surface area contributed by atoms with Gasteiger partial charge in [0.1, 0.15) is 54.6 Å². The molecule has 4 unspecified atom stereocenters. The number of urea groups is 1. The number of hydrogen-bond acceptors (Lipinski definition) is 29. The third-order valence-corrected chi connectivity index (χ3v) is 17.9. The number of aromatic amines is 2. The van der Waals surface area contributed by atoms with E-state index in [4.69, 9.17) is 54.2 Å². The number of phosphoric acid groups is 4. The van der Waals surface area contributed by atoms with Crippen molar-refractivity contribution < 1.29 is 108 Å². The molecule has 0 aromatic carbocycles. The lowest BCUT2D eigenvalue weighted by Crippen LogP contribution is -2.47. The van der Waals surface area contributed by atoms with Crippen LogP contribution in [0, 0.1) is 5.92 Å². The van der Waals surface area contributed by atoms with E-state index in [1.165, 1.54) is 41.2 Å². The van der Waals surface area contributed by atoms with E-state index in [2.05, 4.69) is 53.8 Å². The van der Waals surface area contributed by atoms with Crippen LogP contribution in [0.15, 0.2) is 34.9 Å². The molecular formula is C36H52N17O24P4+. The first-order valence-corrected chi connectivity index (χ1v) is 29.2. The van der Waals surface area contributed by atoms with Gasteiger partial charge in [-0.2, -0.15) is 13.6 Å². The second kappa shape index (κ2) is 22.7. The van der Waals surface area contributed by atoms with E-state index in [1.807, 2.05) is 0 Å². The molecule has 16 N–H and O–H groups in total. The number of aliphatic hydroxyl groups is 3. The second-order valence-electron chi connectivity index (χ2n) is 18.2. The van der Waals surface area contributed by atoms with E-state index in [9.17, 15) is 67.5 Å². The Morgan fingerprint density at radius 1 is 0.741 bits per heavy atom. The monoisotopic (exact) mass is 1230 g/mol. The largest absolute Gasteiger partial charge is 0.490 e. The Labute approximate surface area is 450 Å². The summed E-state index contributed by atoms with van der Waals surface area (Å²) < 4.78 is 111. The van der Waals surface area contributed by atoms with Crippen LogP contribution in [0.25, 0.3) is 33.5 Å². The Morgan fingerprint density at radius 3 is 2.00 bits per heavy atom. The maximum atomic E-state index is 13.8. The van der Waals surface area contributed by atoms with Crippen LogP contribution in [0.4, 0.5) is 22.5 Å². The van der Waals surface area contributed by atoms with Crippen molar-refractivity contribution in [1.82, 2.24) is 63.8 Å². The van der Waals surface area contributed by atoms with E-state index in [1.54, 1.807) is 0 Å². The number of nitrogens with zero attached hydrogens (tertiary/aromatic N) is 11. The van der Waals surface area contributed by atoms with Crippen molar-refractivity contribution >= 4 is 88.5 Å². The van der Waals surface area contributed by atoms with Gasteiger partial charge in [-0.15, -0.1) is 0 Å². The number of H-pyrrole nitrogens is 2. The third-order valence-electron chi connectivity index (χ3n) is 12.6. The molecule has 0 spiro atoms. The van der Waals surface area contributed by atoms with Gasteiger partial charge in [0.05, 0.1) is 45.6 Å². The minimum Gasteiger partial charge on any atom is -0.387 e. The number of amides is 2. The molecule has 3 fully saturated rings. The highest BCUT2D eigenvalue weighted by atomic mass is 31.3. The summed E-state index contributed by atoms with van der Waals surface area (Å²) in [5.41, 5.74) is 15.6. The number of aryl methyl sites for hydroxylation is 1. The van der Waals surface area contributed by atoms with Gasteiger partial charge in [0.15, 0.2) is 41.4 Å². The number of nitrogens with one attached hydrogen (secondary N) is 3. The van der Waals surface area contributed by atoms with Crippen LogP contribution in [0.1, 0.15) is 18.7 Å². The van der Waals surface area contributed by atoms with Gasteiger partial charge in [-0.05, 0) is 0 Å². The Morgan fingerprint density at radius 2 is 1.33 bits per heavy atom. The van der Waals surface area contributed by atoms with Crippen molar-refractivity contribution in [1.29, 1.82) is 0 Å². The minimum atomic E-state index is -6.24. The zero-order valence-corrected chi connectivity index (χ0v) is 45.7. The summed E-state index contributed by atoms with van der Waals surface area (Å²) in [6, 6.07) is -0.637. The van der Waals surface area contributed by atoms with Crippen LogP contribution in [-0.2, 0) is 71.0 Å². The second-order valence-corrected chi connectivity index (χ2v) is 24.3. The molecule has 9 rings (SSSR count). The van der Waals surface area contributed by atoms with E-state index in [0.717, 1.165) is 35.6 Å². The molecule has 3 saturated heterocycles. The highest BCUT2D eigenvalue weighted by molar-refractivity contribution is 7.66. The molecule has 0 radical (unpaired) electrons. The topological polar surface area (TPSA) is 574 Å². The highest BCUT2D eigenvalue weighted by Crippen LogP contribution is 2.68. The molecule has 0 bridgehead atoms. The number of carbonyl (C=O) groups excluding carboxylic acids is 1.